The summed E-state index contributed by atoms with van der Waals surface area (Å²) in [6.45, 7) is 15.0. The summed E-state index contributed by atoms with van der Waals surface area (Å²) in [6, 6.07) is 15.0. The van der Waals surface area contributed by atoms with Crippen molar-refractivity contribution in [2.45, 2.75) is 109 Å². The summed E-state index contributed by atoms with van der Waals surface area (Å²) in [7, 11) is 0. The van der Waals surface area contributed by atoms with E-state index in [1.165, 1.54) is 32.5 Å². The molecule has 4 saturated heterocycles. The van der Waals surface area contributed by atoms with Crippen LogP contribution in [0.2, 0.25) is 10.0 Å². The van der Waals surface area contributed by atoms with Gasteiger partial charge >= 0.3 is 0 Å². The Kier molecular flexibility index (Phi) is 29.0. The fourth-order valence-electron chi connectivity index (χ4n) is 12.6. The lowest BCUT2D eigenvalue weighted by Crippen LogP contribution is -2.42. The van der Waals surface area contributed by atoms with Gasteiger partial charge in [0.05, 0.1) is 144 Å². The van der Waals surface area contributed by atoms with Crippen molar-refractivity contribution in [3.05, 3.63) is 91.3 Å². The van der Waals surface area contributed by atoms with Crippen LogP contribution in [-0.4, -0.2) is 222 Å². The second-order valence-electron chi connectivity index (χ2n) is 24.9. The number of piperidine rings is 2. The number of benzene rings is 2. The van der Waals surface area contributed by atoms with Crippen LogP contribution in [0.3, 0.4) is 0 Å². The molecule has 24 nitrogen and oxygen atoms in total. The molecule has 5 N–H and O–H groups in total. The number of likely N-dealkylation sites (tertiary alicyclic amines) is 4. The van der Waals surface area contributed by atoms with Crippen LogP contribution in [-0.2, 0) is 75.0 Å². The standard InChI is InChI=1S/C71H91Cl2N9O15S2/c1-46-36-48(72)38-55(67(46)96-50-7-18-79(19-8-50)17-3-15-77-62(83)11-22-89-26-30-93-32-28-91-24-13-74)54-6-16-76-60-40-52(98-69(54)60)45-82-66(87)43-58(71(82)88)59-42-57(70-61(78-59)41-53(99-70)44-81-64(85)4-5-65(81)86)56-39-49(73)37-47(2)68(56)97-51-9-20-80(21-10-51)63(84)12-23-90-27-31-94-34-35-95-33-29-92-25-14-75/h6,16,36-42,50-51,58H,3-5,7-15,17-35,43-45,74-75H2,1-2H3,(H,77,83). The number of ether oxygens (including phenoxy) is 9. The van der Waals surface area contributed by atoms with Gasteiger partial charge in [-0.05, 0) is 99.3 Å². The molecular formula is C71H91Cl2N9O15S2. The van der Waals surface area contributed by atoms with Gasteiger partial charge in [-0.15, -0.1) is 22.7 Å². The number of carbonyl (C=O) groups excluding carboxylic acids is 6. The number of nitrogens with one attached hydrogen (secondary N) is 1. The summed E-state index contributed by atoms with van der Waals surface area (Å²) in [4.78, 5) is 98.9. The highest BCUT2D eigenvalue weighted by atomic mass is 35.5. The number of nitrogens with two attached hydrogens (primary N) is 2. The van der Waals surface area contributed by atoms with E-state index in [-0.39, 0.29) is 93.5 Å². The predicted molar refractivity (Wildman–Crippen MR) is 378 cm³/mol. The Morgan fingerprint density at radius 2 is 1.07 bits per heavy atom. The van der Waals surface area contributed by atoms with Gasteiger partial charge in [-0.2, -0.15) is 0 Å². The Morgan fingerprint density at radius 1 is 0.576 bits per heavy atom. The summed E-state index contributed by atoms with van der Waals surface area (Å²) in [5.41, 5.74) is 17.1. The lowest BCUT2D eigenvalue weighted by atomic mass is 9.96. The van der Waals surface area contributed by atoms with Gasteiger partial charge < -0.3 is 69.2 Å². The first-order valence-electron chi connectivity index (χ1n) is 34.3. The molecule has 99 heavy (non-hydrogen) atoms. The number of amides is 6. The molecule has 28 heteroatoms. The molecule has 536 valence electrons. The van der Waals surface area contributed by atoms with Crippen LogP contribution >= 0.6 is 45.9 Å². The maximum Gasteiger partial charge on any atom is 0.239 e. The molecule has 1 unspecified atom stereocenters. The second kappa shape index (κ2) is 38.1. The first kappa shape index (κ1) is 75.3. The molecule has 0 saturated carbocycles. The number of hydrogen-bond donors (Lipinski definition) is 3. The maximum absolute atomic E-state index is 14.9. The van der Waals surface area contributed by atoms with Gasteiger partial charge in [-0.25, -0.2) is 0 Å². The number of pyridine rings is 2. The van der Waals surface area contributed by atoms with Gasteiger partial charge in [0.15, 0.2) is 0 Å². The van der Waals surface area contributed by atoms with Crippen molar-refractivity contribution in [1.29, 1.82) is 0 Å². The number of fused-ring (bicyclic) bond motifs is 2. The third-order valence-electron chi connectivity index (χ3n) is 17.6. The van der Waals surface area contributed by atoms with Gasteiger partial charge in [-0.3, -0.25) is 48.5 Å². The van der Waals surface area contributed by atoms with Gasteiger partial charge in [0.2, 0.25) is 35.4 Å². The van der Waals surface area contributed by atoms with Crippen LogP contribution in [0.1, 0.15) is 96.7 Å². The first-order valence-corrected chi connectivity index (χ1v) is 36.7. The zero-order chi connectivity index (χ0) is 69.6. The Bertz CT molecular complexity index is 3720. The molecule has 4 aromatic heterocycles. The Morgan fingerprint density at radius 3 is 1.64 bits per heavy atom. The van der Waals surface area contributed by atoms with Crippen molar-refractivity contribution in [3.8, 4) is 33.8 Å². The van der Waals surface area contributed by atoms with Crippen molar-refractivity contribution in [3.63, 3.8) is 0 Å². The number of aromatic nitrogens is 2. The van der Waals surface area contributed by atoms with Gasteiger partial charge in [-0.1, -0.05) is 23.2 Å². The van der Waals surface area contributed by atoms with Crippen LogP contribution in [0, 0.1) is 13.8 Å². The Hall–Kier alpha value is -6.34. The number of hydrogen-bond acceptors (Lipinski definition) is 22. The fourth-order valence-corrected chi connectivity index (χ4v) is 15.4. The van der Waals surface area contributed by atoms with Crippen LogP contribution in [0.15, 0.2) is 54.7 Å². The molecule has 0 spiro atoms. The molecule has 4 aliphatic heterocycles. The molecule has 6 aromatic rings. The van der Waals surface area contributed by atoms with Crippen LogP contribution in [0.5, 0.6) is 11.5 Å². The molecule has 0 aliphatic carbocycles. The molecule has 0 radical (unpaired) electrons. The van der Waals surface area contributed by atoms with E-state index in [1.54, 1.807) is 6.20 Å². The maximum atomic E-state index is 14.9. The molecule has 4 fully saturated rings. The third kappa shape index (κ3) is 21.1. The van der Waals surface area contributed by atoms with E-state index in [1.807, 2.05) is 67.3 Å². The lowest BCUT2D eigenvalue weighted by Gasteiger charge is -2.33. The largest absolute Gasteiger partial charge is 0.489 e. The molecule has 1 atom stereocenters. The normalized spacial score (nSPS) is 16.6. The summed E-state index contributed by atoms with van der Waals surface area (Å²) >= 11 is 16.6. The predicted octanol–water partition coefficient (Wildman–Crippen LogP) is 8.39. The lowest BCUT2D eigenvalue weighted by molar-refractivity contribution is -0.140. The zero-order valence-corrected chi connectivity index (χ0v) is 59.6. The van der Waals surface area contributed by atoms with E-state index in [0.717, 1.165) is 81.2 Å². The molecule has 10 rings (SSSR count). The number of aryl methyl sites for hydroxylation is 2. The quantitative estimate of drug-likeness (QED) is 0.0240. The highest BCUT2D eigenvalue weighted by Gasteiger charge is 2.42. The van der Waals surface area contributed by atoms with E-state index in [2.05, 4.69) is 10.2 Å². The fraction of sp³-hybridized carbons (Fsp3) is 0.549. The molecule has 0 bridgehead atoms. The van der Waals surface area contributed by atoms with Gasteiger partial charge in [0, 0.05) is 133 Å². The van der Waals surface area contributed by atoms with E-state index < -0.39 is 11.8 Å². The smallest absolute Gasteiger partial charge is 0.239 e. The molecule has 4 aliphatic rings. The van der Waals surface area contributed by atoms with Crippen molar-refractivity contribution >= 4 is 102 Å². The van der Waals surface area contributed by atoms with Crippen LogP contribution < -0.4 is 26.3 Å². The number of rotatable bonds is 40. The number of carbonyl (C=O) groups is 6. The number of imide groups is 2. The van der Waals surface area contributed by atoms with Crippen molar-refractivity contribution < 1.29 is 71.4 Å². The van der Waals surface area contributed by atoms with Crippen molar-refractivity contribution in [2.24, 2.45) is 11.5 Å². The van der Waals surface area contributed by atoms with Gasteiger partial charge in [0.25, 0.3) is 0 Å². The molecule has 2 aromatic carbocycles. The highest BCUT2D eigenvalue weighted by Crippen LogP contribution is 2.47. The first-order chi connectivity index (χ1) is 48.1. The van der Waals surface area contributed by atoms with Crippen molar-refractivity contribution in [2.75, 3.05) is 145 Å². The van der Waals surface area contributed by atoms with E-state index in [0.29, 0.717) is 180 Å². The average Bonchev–Trinajstić information content (AvgIpc) is 1.64. The minimum Gasteiger partial charge on any atom is -0.489 e. The van der Waals surface area contributed by atoms with Crippen molar-refractivity contribution in [1.82, 2.24) is 34.9 Å². The molecule has 8 heterocycles. The highest BCUT2D eigenvalue weighted by molar-refractivity contribution is 7.20. The topological polar surface area (TPSA) is 288 Å². The minimum absolute atomic E-state index is 0.00433. The third-order valence-corrected chi connectivity index (χ3v) is 20.4. The number of nitrogens with zero attached hydrogens (tertiary/aromatic N) is 6. The number of halogens is 2. The SMILES string of the molecule is Cc1cc(Cl)cc(-c2ccnc3cc(CN4C(=O)CC(c5cc(-c6cc(Cl)cc(C)c6OC6CCN(C(=O)CCOCCOCCOCCOCCN)CC6)c6sc(CN7C(=O)CCC7=O)cc6n5)C4=O)sc23)c1OC1CCN(CCCNC(=O)CCOCCOCCOCCN)CC1. The summed E-state index contributed by atoms with van der Waals surface area (Å²) in [5, 5.41) is 4.01. The zero-order valence-electron chi connectivity index (χ0n) is 56.5. The summed E-state index contributed by atoms with van der Waals surface area (Å²) in [6.07, 6.45) is 5.72. The van der Waals surface area contributed by atoms with Crippen LogP contribution in [0.4, 0.5) is 0 Å². The molecular weight excluding hydrogens is 1350 g/mol. The monoisotopic (exact) mass is 1440 g/mol. The Balaban J connectivity index is 0.771. The average molecular weight is 1450 g/mol. The molecule has 6 amide bonds. The van der Waals surface area contributed by atoms with Crippen LogP contribution in [0.25, 0.3) is 42.7 Å². The van der Waals surface area contributed by atoms with Gasteiger partial charge in [0.1, 0.15) is 23.7 Å². The minimum atomic E-state index is -0.942. The second-order valence-corrected chi connectivity index (χ2v) is 28.0. The summed E-state index contributed by atoms with van der Waals surface area (Å²) < 4.78 is 53.7. The Labute approximate surface area is 595 Å². The summed E-state index contributed by atoms with van der Waals surface area (Å²) in [5.74, 6) is -0.923. The van der Waals surface area contributed by atoms with E-state index >= 15 is 0 Å². The van der Waals surface area contributed by atoms with E-state index in [9.17, 15) is 28.8 Å². The van der Waals surface area contributed by atoms with E-state index in [4.69, 9.17) is 87.3 Å². The number of thiophene rings is 2.